The van der Waals surface area contributed by atoms with E-state index in [-0.39, 0.29) is 5.41 Å². The quantitative estimate of drug-likeness (QED) is 0.196. The van der Waals surface area contributed by atoms with E-state index in [4.69, 9.17) is 8.83 Å². The third-order valence-electron chi connectivity index (χ3n) is 10.3. The van der Waals surface area contributed by atoms with Gasteiger partial charge in [-0.2, -0.15) is 0 Å². The summed E-state index contributed by atoms with van der Waals surface area (Å²) >= 11 is 0. The summed E-state index contributed by atoms with van der Waals surface area (Å²) in [5.41, 5.74) is 16.1. The molecule has 2 heteroatoms. The molecule has 0 saturated carbocycles. The van der Waals surface area contributed by atoms with Crippen LogP contribution in [0.25, 0.3) is 77.3 Å². The van der Waals surface area contributed by atoms with E-state index in [2.05, 4.69) is 133 Å². The molecular weight excluding hydrogens is 548 g/mol. The Labute approximate surface area is 258 Å². The Morgan fingerprint density at radius 3 is 1.42 bits per heavy atom. The molecular formula is C43H24O2. The van der Waals surface area contributed by atoms with Crippen LogP contribution in [0.5, 0.6) is 0 Å². The lowest BCUT2D eigenvalue weighted by atomic mass is 9.70. The van der Waals surface area contributed by atoms with Crippen molar-refractivity contribution in [1.82, 2.24) is 0 Å². The second-order valence-corrected chi connectivity index (χ2v) is 12.4. The van der Waals surface area contributed by atoms with Crippen molar-refractivity contribution in [2.45, 2.75) is 5.41 Å². The van der Waals surface area contributed by atoms with Gasteiger partial charge in [-0.25, -0.2) is 0 Å². The summed E-state index contributed by atoms with van der Waals surface area (Å²) in [7, 11) is 0. The van der Waals surface area contributed by atoms with Crippen LogP contribution < -0.4 is 0 Å². The van der Waals surface area contributed by atoms with Gasteiger partial charge in [0.15, 0.2) is 0 Å². The van der Waals surface area contributed by atoms with Crippen molar-refractivity contribution in [3.05, 3.63) is 168 Å². The largest absolute Gasteiger partial charge is 0.456 e. The highest BCUT2D eigenvalue weighted by Gasteiger charge is 2.51. The molecule has 0 amide bonds. The van der Waals surface area contributed by atoms with Gasteiger partial charge in [-0.05, 0) is 98.1 Å². The SMILES string of the molecule is c1ccc2c(c1)-c1ccccc1C21c2ccccc2-c2cc3c(cc21)oc1ccc(-c2ccc4oc5ccccc5c4c2)cc13. The maximum absolute atomic E-state index is 6.65. The monoisotopic (exact) mass is 572 g/mol. The Morgan fingerprint density at radius 2 is 0.778 bits per heavy atom. The molecule has 7 aromatic carbocycles. The molecule has 0 fully saturated rings. The van der Waals surface area contributed by atoms with Crippen LogP contribution in [0.1, 0.15) is 22.3 Å². The Bertz CT molecular complexity index is 2670. The molecule has 45 heavy (non-hydrogen) atoms. The molecule has 9 aromatic rings. The molecule has 0 unspecified atom stereocenters. The van der Waals surface area contributed by atoms with Crippen LogP contribution in [-0.2, 0) is 5.41 Å². The fourth-order valence-corrected chi connectivity index (χ4v) is 8.45. The zero-order valence-electron chi connectivity index (χ0n) is 24.2. The van der Waals surface area contributed by atoms with Gasteiger partial charge in [-0.1, -0.05) is 103 Å². The third kappa shape index (κ3) is 2.85. The molecule has 2 heterocycles. The molecule has 11 rings (SSSR count). The predicted molar refractivity (Wildman–Crippen MR) is 183 cm³/mol. The van der Waals surface area contributed by atoms with Gasteiger partial charge in [0, 0.05) is 21.5 Å². The number of para-hydroxylation sites is 1. The normalized spacial score (nSPS) is 14.0. The van der Waals surface area contributed by atoms with Gasteiger partial charge in [0.2, 0.25) is 0 Å². The lowest BCUT2D eigenvalue weighted by Crippen LogP contribution is -2.25. The van der Waals surface area contributed by atoms with Crippen molar-refractivity contribution < 1.29 is 8.83 Å². The van der Waals surface area contributed by atoms with E-state index < -0.39 is 0 Å². The Hall–Kier alpha value is -5.86. The fourth-order valence-electron chi connectivity index (χ4n) is 8.45. The average Bonchev–Trinajstić information content (AvgIpc) is 3.81. The number of furan rings is 2. The molecule has 0 saturated heterocycles. The third-order valence-corrected chi connectivity index (χ3v) is 10.3. The Kier molecular flexibility index (Phi) is 4.29. The summed E-state index contributed by atoms with van der Waals surface area (Å²) in [5.74, 6) is 0. The van der Waals surface area contributed by atoms with Gasteiger partial charge in [0.05, 0.1) is 5.41 Å². The average molecular weight is 573 g/mol. The second kappa shape index (κ2) is 8.19. The number of fused-ring (bicyclic) bond motifs is 16. The maximum atomic E-state index is 6.65. The fraction of sp³-hybridized carbons (Fsp3) is 0.0233. The summed E-state index contributed by atoms with van der Waals surface area (Å²) in [5, 5.41) is 4.56. The molecule has 0 bridgehead atoms. The summed E-state index contributed by atoms with van der Waals surface area (Å²) in [6.07, 6.45) is 0. The highest BCUT2D eigenvalue weighted by molar-refractivity contribution is 6.11. The summed E-state index contributed by atoms with van der Waals surface area (Å²) < 4.78 is 12.7. The zero-order valence-corrected chi connectivity index (χ0v) is 24.2. The van der Waals surface area contributed by atoms with Gasteiger partial charge in [0.25, 0.3) is 0 Å². The van der Waals surface area contributed by atoms with Crippen molar-refractivity contribution in [2.24, 2.45) is 0 Å². The second-order valence-electron chi connectivity index (χ2n) is 12.4. The summed E-state index contributed by atoms with van der Waals surface area (Å²) in [4.78, 5) is 0. The maximum Gasteiger partial charge on any atom is 0.135 e. The number of hydrogen-bond donors (Lipinski definition) is 0. The highest BCUT2D eigenvalue weighted by atomic mass is 16.3. The van der Waals surface area contributed by atoms with Crippen LogP contribution in [0.3, 0.4) is 0 Å². The minimum Gasteiger partial charge on any atom is -0.456 e. The van der Waals surface area contributed by atoms with E-state index in [0.717, 1.165) is 55.0 Å². The molecule has 0 radical (unpaired) electrons. The molecule has 2 aliphatic rings. The Morgan fingerprint density at radius 1 is 0.311 bits per heavy atom. The van der Waals surface area contributed by atoms with Gasteiger partial charge < -0.3 is 8.83 Å². The lowest BCUT2D eigenvalue weighted by Gasteiger charge is -2.30. The molecule has 0 atom stereocenters. The Balaban J connectivity index is 1.17. The first-order chi connectivity index (χ1) is 22.3. The van der Waals surface area contributed by atoms with Crippen molar-refractivity contribution in [2.75, 3.05) is 0 Å². The van der Waals surface area contributed by atoms with Crippen LogP contribution in [0, 0.1) is 0 Å². The summed E-state index contributed by atoms with van der Waals surface area (Å²) in [6.45, 7) is 0. The number of benzene rings is 7. The molecule has 2 aromatic heterocycles. The van der Waals surface area contributed by atoms with Crippen LogP contribution in [0.15, 0.2) is 154 Å². The first kappa shape index (κ1) is 23.6. The summed E-state index contributed by atoms with van der Waals surface area (Å²) in [6, 6.07) is 52.8. The topological polar surface area (TPSA) is 26.3 Å². The van der Waals surface area contributed by atoms with E-state index in [1.165, 1.54) is 44.5 Å². The van der Waals surface area contributed by atoms with Gasteiger partial charge in [0.1, 0.15) is 22.3 Å². The van der Waals surface area contributed by atoms with Gasteiger partial charge in [-0.15, -0.1) is 0 Å². The van der Waals surface area contributed by atoms with Crippen molar-refractivity contribution >= 4 is 43.9 Å². The zero-order chi connectivity index (χ0) is 29.3. The van der Waals surface area contributed by atoms with E-state index in [9.17, 15) is 0 Å². The van der Waals surface area contributed by atoms with Crippen molar-refractivity contribution in [3.63, 3.8) is 0 Å². The molecule has 0 N–H and O–H groups in total. The van der Waals surface area contributed by atoms with Crippen LogP contribution in [-0.4, -0.2) is 0 Å². The first-order valence-corrected chi connectivity index (χ1v) is 15.5. The molecule has 1 spiro atoms. The number of hydrogen-bond acceptors (Lipinski definition) is 2. The van der Waals surface area contributed by atoms with Crippen LogP contribution >= 0.6 is 0 Å². The minimum atomic E-state index is -0.375. The number of rotatable bonds is 1. The van der Waals surface area contributed by atoms with E-state index >= 15 is 0 Å². The first-order valence-electron chi connectivity index (χ1n) is 15.5. The van der Waals surface area contributed by atoms with Gasteiger partial charge in [-0.3, -0.25) is 0 Å². The predicted octanol–water partition coefficient (Wildman–Crippen LogP) is 11.5. The van der Waals surface area contributed by atoms with E-state index in [1.54, 1.807) is 0 Å². The van der Waals surface area contributed by atoms with E-state index in [0.29, 0.717) is 0 Å². The lowest BCUT2D eigenvalue weighted by molar-refractivity contribution is 0.666. The minimum absolute atomic E-state index is 0.375. The van der Waals surface area contributed by atoms with Gasteiger partial charge >= 0.3 is 0 Å². The molecule has 2 aliphatic carbocycles. The van der Waals surface area contributed by atoms with Crippen LogP contribution in [0.4, 0.5) is 0 Å². The molecule has 208 valence electrons. The van der Waals surface area contributed by atoms with Crippen molar-refractivity contribution in [3.8, 4) is 33.4 Å². The van der Waals surface area contributed by atoms with Crippen molar-refractivity contribution in [1.29, 1.82) is 0 Å². The molecule has 0 aliphatic heterocycles. The molecule has 2 nitrogen and oxygen atoms in total. The standard InChI is InChI=1S/C43H24O2/c1-5-13-35-27(9-1)28-10-2-6-14-36(28)43(35)37-15-7-3-11-29(37)31-23-34-33-22-26(18-20-41(33)45-42(34)24-38(31)43)25-17-19-40-32(21-25)30-12-4-8-16-39(30)44-40/h1-24H. The smallest absolute Gasteiger partial charge is 0.135 e. The highest BCUT2D eigenvalue weighted by Crippen LogP contribution is 2.63. The van der Waals surface area contributed by atoms with Crippen LogP contribution in [0.2, 0.25) is 0 Å². The van der Waals surface area contributed by atoms with E-state index in [1.807, 2.05) is 12.1 Å².